The summed E-state index contributed by atoms with van der Waals surface area (Å²) in [6.07, 6.45) is 0.247. The van der Waals surface area contributed by atoms with Gasteiger partial charge in [0.2, 0.25) is 5.91 Å². The van der Waals surface area contributed by atoms with Crippen LogP contribution in [0.1, 0.15) is 21.0 Å². The fraction of sp³-hybridized carbons (Fsp3) is 0.368. The summed E-state index contributed by atoms with van der Waals surface area (Å²) in [5.41, 5.74) is 0.237. The van der Waals surface area contributed by atoms with Crippen LogP contribution in [0.15, 0.2) is 30.3 Å². The van der Waals surface area contributed by atoms with Gasteiger partial charge in [0.05, 0.1) is 4.88 Å². The van der Waals surface area contributed by atoms with Crippen LogP contribution in [-0.4, -0.2) is 54.3 Å². The van der Waals surface area contributed by atoms with Crippen LogP contribution in [0.4, 0.5) is 14.5 Å². The van der Waals surface area contributed by atoms with Crippen LogP contribution in [-0.2, 0) is 4.79 Å². The van der Waals surface area contributed by atoms with Crippen LogP contribution >= 0.6 is 11.3 Å². The second-order valence-corrected chi connectivity index (χ2v) is 7.76. The van der Waals surface area contributed by atoms with Gasteiger partial charge in [-0.05, 0) is 31.2 Å². The van der Waals surface area contributed by atoms with Crippen LogP contribution < -0.4 is 5.32 Å². The van der Waals surface area contributed by atoms with E-state index in [0.717, 1.165) is 21.9 Å². The molecule has 2 aromatic rings. The minimum Gasteiger partial charge on any atom is -0.335 e. The monoisotopic (exact) mass is 393 g/mol. The standard InChI is InChI=1S/C19H21F2N3O2S/c1-13-2-5-17(27-13)19(26)24-10-8-23(9-11-24)7-6-18(25)22-14-3-4-15(20)16(21)12-14/h2-5,12H,6-11H2,1H3,(H,22,25). The van der Waals surface area contributed by atoms with Gasteiger partial charge in [-0.15, -0.1) is 11.3 Å². The Balaban J connectivity index is 1.42. The van der Waals surface area contributed by atoms with Crippen LogP contribution in [0.2, 0.25) is 0 Å². The third kappa shape index (κ3) is 5.11. The van der Waals surface area contributed by atoms with Crippen LogP contribution in [0.25, 0.3) is 0 Å². The molecule has 1 aromatic heterocycles. The summed E-state index contributed by atoms with van der Waals surface area (Å²) in [4.78, 5) is 30.3. The van der Waals surface area contributed by atoms with Gasteiger partial charge in [-0.1, -0.05) is 0 Å². The molecule has 2 heterocycles. The van der Waals surface area contributed by atoms with Crippen molar-refractivity contribution in [3.05, 3.63) is 51.7 Å². The Morgan fingerprint density at radius 1 is 1.07 bits per heavy atom. The Morgan fingerprint density at radius 2 is 1.81 bits per heavy atom. The highest BCUT2D eigenvalue weighted by atomic mass is 32.1. The fourth-order valence-electron chi connectivity index (χ4n) is 2.94. The first-order valence-corrected chi connectivity index (χ1v) is 9.57. The Hall–Kier alpha value is -2.32. The molecule has 0 atom stereocenters. The number of thiophene rings is 1. The smallest absolute Gasteiger partial charge is 0.264 e. The number of anilines is 1. The normalized spacial score (nSPS) is 15.0. The number of halogens is 2. The Morgan fingerprint density at radius 3 is 2.44 bits per heavy atom. The number of aryl methyl sites for hydroxylation is 1. The lowest BCUT2D eigenvalue weighted by Gasteiger charge is -2.34. The van der Waals surface area contributed by atoms with Crippen LogP contribution in [0, 0.1) is 18.6 Å². The van der Waals surface area contributed by atoms with E-state index in [4.69, 9.17) is 0 Å². The van der Waals surface area contributed by atoms with Crippen molar-refractivity contribution in [2.75, 3.05) is 38.0 Å². The lowest BCUT2D eigenvalue weighted by atomic mass is 10.2. The zero-order valence-electron chi connectivity index (χ0n) is 15.0. The van der Waals surface area contributed by atoms with Gasteiger partial charge < -0.3 is 10.2 Å². The molecule has 1 aromatic carbocycles. The Kier molecular flexibility index (Phi) is 6.18. The summed E-state index contributed by atoms with van der Waals surface area (Å²) in [6.45, 7) is 5.19. The van der Waals surface area contributed by atoms with Crippen molar-refractivity contribution >= 4 is 28.8 Å². The van der Waals surface area contributed by atoms with Crippen molar-refractivity contribution in [1.29, 1.82) is 0 Å². The van der Waals surface area contributed by atoms with Gasteiger partial charge in [0.15, 0.2) is 11.6 Å². The molecule has 1 fully saturated rings. The molecule has 2 amide bonds. The number of benzene rings is 1. The van der Waals surface area contributed by atoms with E-state index in [9.17, 15) is 18.4 Å². The molecular formula is C19H21F2N3O2S. The Labute approximate surface area is 160 Å². The zero-order valence-corrected chi connectivity index (χ0v) is 15.8. The van der Waals surface area contributed by atoms with E-state index in [1.807, 2.05) is 24.0 Å². The molecule has 1 aliphatic heterocycles. The number of hydrogen-bond acceptors (Lipinski definition) is 4. The maximum Gasteiger partial charge on any atom is 0.264 e. The molecule has 144 valence electrons. The van der Waals surface area contributed by atoms with Crippen molar-refractivity contribution in [2.24, 2.45) is 0 Å². The molecule has 27 heavy (non-hydrogen) atoms. The average Bonchev–Trinajstić information content (AvgIpc) is 3.09. The lowest BCUT2D eigenvalue weighted by Crippen LogP contribution is -2.49. The number of rotatable bonds is 5. The van der Waals surface area contributed by atoms with E-state index < -0.39 is 11.6 Å². The molecule has 5 nitrogen and oxygen atoms in total. The minimum atomic E-state index is -0.991. The lowest BCUT2D eigenvalue weighted by molar-refractivity contribution is -0.116. The van der Waals surface area contributed by atoms with Gasteiger partial charge in [-0.3, -0.25) is 14.5 Å². The average molecular weight is 393 g/mol. The molecule has 0 saturated carbocycles. The van der Waals surface area contributed by atoms with E-state index in [-0.39, 0.29) is 23.9 Å². The highest BCUT2D eigenvalue weighted by Crippen LogP contribution is 2.18. The van der Waals surface area contributed by atoms with Gasteiger partial charge in [-0.25, -0.2) is 8.78 Å². The highest BCUT2D eigenvalue weighted by molar-refractivity contribution is 7.13. The number of nitrogens with zero attached hydrogens (tertiary/aromatic N) is 2. The third-order valence-electron chi connectivity index (χ3n) is 4.47. The van der Waals surface area contributed by atoms with E-state index >= 15 is 0 Å². The first-order valence-electron chi connectivity index (χ1n) is 8.75. The predicted octanol–water partition coefficient (Wildman–Crippen LogP) is 3.12. The van der Waals surface area contributed by atoms with Gasteiger partial charge in [0.1, 0.15) is 0 Å². The summed E-state index contributed by atoms with van der Waals surface area (Å²) in [5.74, 6) is -2.13. The minimum absolute atomic E-state index is 0.0591. The molecule has 8 heteroatoms. The molecule has 1 aliphatic rings. The summed E-state index contributed by atoms with van der Waals surface area (Å²) in [6, 6.07) is 7.07. The SMILES string of the molecule is Cc1ccc(C(=O)N2CCN(CCC(=O)Nc3ccc(F)c(F)c3)CC2)s1. The van der Waals surface area contributed by atoms with Crippen molar-refractivity contribution in [1.82, 2.24) is 9.80 Å². The molecule has 1 saturated heterocycles. The van der Waals surface area contributed by atoms with Gasteiger partial charge in [-0.2, -0.15) is 0 Å². The zero-order chi connectivity index (χ0) is 19.4. The van der Waals surface area contributed by atoms with Crippen LogP contribution in [0.5, 0.6) is 0 Å². The largest absolute Gasteiger partial charge is 0.335 e. The molecule has 1 N–H and O–H groups in total. The predicted molar refractivity (Wildman–Crippen MR) is 101 cm³/mol. The number of amides is 2. The second kappa shape index (κ2) is 8.58. The molecule has 0 spiro atoms. The van der Waals surface area contributed by atoms with E-state index in [1.165, 1.54) is 17.4 Å². The first kappa shape index (κ1) is 19.4. The highest BCUT2D eigenvalue weighted by Gasteiger charge is 2.23. The molecule has 3 rings (SSSR count). The van der Waals surface area contributed by atoms with E-state index in [0.29, 0.717) is 32.7 Å². The molecular weight excluding hydrogens is 372 g/mol. The Bertz CT molecular complexity index is 832. The van der Waals surface area contributed by atoms with Crippen LogP contribution in [0.3, 0.4) is 0 Å². The van der Waals surface area contributed by atoms with Gasteiger partial charge >= 0.3 is 0 Å². The van der Waals surface area contributed by atoms with Gasteiger partial charge in [0.25, 0.3) is 5.91 Å². The molecule has 0 bridgehead atoms. The topological polar surface area (TPSA) is 52.7 Å². The number of nitrogens with one attached hydrogen (secondary N) is 1. The summed E-state index contributed by atoms with van der Waals surface area (Å²) in [5, 5.41) is 2.56. The number of piperazine rings is 1. The van der Waals surface area contributed by atoms with Crippen molar-refractivity contribution < 1.29 is 18.4 Å². The van der Waals surface area contributed by atoms with Crippen molar-refractivity contribution in [3.63, 3.8) is 0 Å². The quantitative estimate of drug-likeness (QED) is 0.849. The molecule has 0 aliphatic carbocycles. The number of carbonyl (C=O) groups is 2. The number of carbonyl (C=O) groups excluding carboxylic acids is 2. The van der Waals surface area contributed by atoms with Crippen molar-refractivity contribution in [3.8, 4) is 0 Å². The van der Waals surface area contributed by atoms with E-state index in [1.54, 1.807) is 0 Å². The maximum atomic E-state index is 13.2. The third-order valence-corrected chi connectivity index (χ3v) is 5.46. The fourth-order valence-corrected chi connectivity index (χ4v) is 3.77. The number of hydrogen-bond donors (Lipinski definition) is 1. The molecule has 0 unspecified atom stereocenters. The van der Waals surface area contributed by atoms with E-state index in [2.05, 4.69) is 10.2 Å². The summed E-state index contributed by atoms with van der Waals surface area (Å²) >= 11 is 1.50. The maximum absolute atomic E-state index is 13.2. The first-order chi connectivity index (χ1) is 12.9. The van der Waals surface area contributed by atoms with Crippen molar-refractivity contribution in [2.45, 2.75) is 13.3 Å². The van der Waals surface area contributed by atoms with Gasteiger partial charge in [0, 0.05) is 55.8 Å². The summed E-state index contributed by atoms with van der Waals surface area (Å²) < 4.78 is 26.1. The molecule has 0 radical (unpaired) electrons. The summed E-state index contributed by atoms with van der Waals surface area (Å²) in [7, 11) is 0. The second-order valence-electron chi connectivity index (χ2n) is 6.47.